The van der Waals surface area contributed by atoms with Gasteiger partial charge in [0.1, 0.15) is 13.2 Å². The van der Waals surface area contributed by atoms with Crippen LogP contribution in [-0.4, -0.2) is 37.2 Å². The van der Waals surface area contributed by atoms with Gasteiger partial charge < -0.3 is 14.2 Å². The van der Waals surface area contributed by atoms with Crippen LogP contribution in [-0.2, 0) is 28.6 Å². The van der Waals surface area contributed by atoms with Gasteiger partial charge >= 0.3 is 17.9 Å². The first-order chi connectivity index (χ1) is 30.6. The van der Waals surface area contributed by atoms with Crippen molar-refractivity contribution in [3.8, 4) is 0 Å². The minimum Gasteiger partial charge on any atom is -0.462 e. The highest BCUT2D eigenvalue weighted by Gasteiger charge is 2.19. The van der Waals surface area contributed by atoms with Gasteiger partial charge in [-0.15, -0.1) is 0 Å². The van der Waals surface area contributed by atoms with E-state index in [1.54, 1.807) is 0 Å². The van der Waals surface area contributed by atoms with Crippen molar-refractivity contribution in [3.63, 3.8) is 0 Å². The lowest BCUT2D eigenvalue weighted by atomic mass is 9.99. The fourth-order valence-electron chi connectivity index (χ4n) is 8.61. The molecule has 0 fully saturated rings. The van der Waals surface area contributed by atoms with Crippen molar-refractivity contribution < 1.29 is 28.6 Å². The van der Waals surface area contributed by atoms with Crippen LogP contribution in [0.25, 0.3) is 0 Å². The molecule has 63 heavy (non-hydrogen) atoms. The second-order valence-corrected chi connectivity index (χ2v) is 20.8. The maximum atomic E-state index is 12.8. The number of carbonyl (C=O) groups is 3. The molecule has 0 saturated carbocycles. The largest absolute Gasteiger partial charge is 0.462 e. The van der Waals surface area contributed by atoms with E-state index < -0.39 is 6.10 Å². The summed E-state index contributed by atoms with van der Waals surface area (Å²) in [4.78, 5) is 38.1. The van der Waals surface area contributed by atoms with Crippen molar-refractivity contribution in [2.24, 2.45) is 17.8 Å². The Morgan fingerprint density at radius 3 is 0.825 bits per heavy atom. The van der Waals surface area contributed by atoms with Crippen LogP contribution in [0.2, 0.25) is 0 Å². The second kappa shape index (κ2) is 48.3. The molecule has 0 amide bonds. The van der Waals surface area contributed by atoms with E-state index in [4.69, 9.17) is 14.2 Å². The number of carbonyl (C=O) groups excluding carboxylic acids is 3. The fraction of sp³-hybridized carbons (Fsp3) is 0.947. The minimum absolute atomic E-state index is 0.0642. The van der Waals surface area contributed by atoms with Crippen LogP contribution in [0.4, 0.5) is 0 Å². The Morgan fingerprint density at radius 2 is 0.556 bits per heavy atom. The molecule has 0 aliphatic heterocycles. The third-order valence-electron chi connectivity index (χ3n) is 13.3. The van der Waals surface area contributed by atoms with Gasteiger partial charge in [0, 0.05) is 19.3 Å². The summed E-state index contributed by atoms with van der Waals surface area (Å²) in [6, 6.07) is 0. The van der Waals surface area contributed by atoms with Crippen LogP contribution >= 0.6 is 0 Å². The van der Waals surface area contributed by atoms with E-state index in [9.17, 15) is 14.4 Å². The average molecular weight is 892 g/mol. The predicted molar refractivity (Wildman–Crippen MR) is 270 cm³/mol. The molecule has 374 valence electrons. The van der Waals surface area contributed by atoms with Gasteiger partial charge in [-0.25, -0.2) is 0 Å². The highest BCUT2D eigenvalue weighted by Crippen LogP contribution is 2.18. The van der Waals surface area contributed by atoms with Gasteiger partial charge in [-0.1, -0.05) is 273 Å². The second-order valence-electron chi connectivity index (χ2n) is 20.8. The number of esters is 3. The molecule has 0 N–H and O–H groups in total. The maximum Gasteiger partial charge on any atom is 0.306 e. The molecule has 0 bridgehead atoms. The highest BCUT2D eigenvalue weighted by atomic mass is 16.6. The molecule has 0 saturated heterocycles. The third-order valence-corrected chi connectivity index (χ3v) is 13.3. The SMILES string of the molecule is CCC(C)CCCCCCCCCCC(=O)O[C@H](COC(=O)CCCCCCCCCCCCCCCCCC(C)C)COC(=O)CCCCCCCCCCCCCCC(C)C. The van der Waals surface area contributed by atoms with Crippen LogP contribution < -0.4 is 0 Å². The Morgan fingerprint density at radius 1 is 0.317 bits per heavy atom. The fourth-order valence-corrected chi connectivity index (χ4v) is 8.61. The highest BCUT2D eigenvalue weighted by molar-refractivity contribution is 5.71. The van der Waals surface area contributed by atoms with E-state index in [1.807, 2.05) is 0 Å². The molecule has 0 heterocycles. The van der Waals surface area contributed by atoms with Crippen LogP contribution in [0.15, 0.2) is 0 Å². The van der Waals surface area contributed by atoms with Crippen molar-refractivity contribution in [2.45, 2.75) is 317 Å². The number of hydrogen-bond acceptors (Lipinski definition) is 6. The number of rotatable bonds is 50. The minimum atomic E-state index is -0.763. The van der Waals surface area contributed by atoms with Crippen LogP contribution in [0, 0.1) is 17.8 Å². The van der Waals surface area contributed by atoms with Gasteiger partial charge in [-0.05, 0) is 37.0 Å². The summed E-state index contributed by atoms with van der Waals surface area (Å²) in [6.45, 7) is 13.8. The Kier molecular flexibility index (Phi) is 47.1. The number of hydrogen-bond donors (Lipinski definition) is 0. The molecular weight excluding hydrogens is 781 g/mol. The number of ether oxygens (including phenoxy) is 3. The normalized spacial score (nSPS) is 12.6. The Hall–Kier alpha value is -1.59. The molecule has 0 aliphatic rings. The van der Waals surface area contributed by atoms with Crippen molar-refractivity contribution in [1.82, 2.24) is 0 Å². The smallest absolute Gasteiger partial charge is 0.306 e. The summed E-state index contributed by atoms with van der Waals surface area (Å²) >= 11 is 0. The van der Waals surface area contributed by atoms with E-state index in [-0.39, 0.29) is 31.1 Å². The van der Waals surface area contributed by atoms with E-state index in [1.165, 1.54) is 193 Å². The quantitative estimate of drug-likeness (QED) is 0.0344. The van der Waals surface area contributed by atoms with E-state index in [2.05, 4.69) is 41.5 Å². The van der Waals surface area contributed by atoms with Gasteiger partial charge in [0.25, 0.3) is 0 Å². The van der Waals surface area contributed by atoms with Gasteiger partial charge in [0.2, 0.25) is 0 Å². The molecular formula is C57H110O6. The van der Waals surface area contributed by atoms with Gasteiger partial charge in [-0.2, -0.15) is 0 Å². The molecule has 0 aromatic carbocycles. The Labute approximate surface area is 393 Å². The first kappa shape index (κ1) is 61.4. The molecule has 0 radical (unpaired) electrons. The Balaban J connectivity index is 4.28. The Bertz CT molecular complexity index is 978. The molecule has 1 unspecified atom stereocenters. The van der Waals surface area contributed by atoms with Crippen molar-refractivity contribution >= 4 is 17.9 Å². The average Bonchev–Trinajstić information content (AvgIpc) is 3.25. The van der Waals surface area contributed by atoms with E-state index in [0.717, 1.165) is 75.5 Å². The van der Waals surface area contributed by atoms with Crippen molar-refractivity contribution in [1.29, 1.82) is 0 Å². The molecule has 0 rings (SSSR count). The maximum absolute atomic E-state index is 12.8. The summed E-state index contributed by atoms with van der Waals surface area (Å²) in [6.07, 6.45) is 49.5. The molecule has 0 aromatic heterocycles. The molecule has 6 nitrogen and oxygen atoms in total. The van der Waals surface area contributed by atoms with E-state index >= 15 is 0 Å². The monoisotopic (exact) mass is 891 g/mol. The first-order valence-corrected chi connectivity index (χ1v) is 28.1. The lowest BCUT2D eigenvalue weighted by Crippen LogP contribution is -2.30. The lowest BCUT2D eigenvalue weighted by Gasteiger charge is -2.18. The van der Waals surface area contributed by atoms with Gasteiger partial charge in [0.05, 0.1) is 0 Å². The van der Waals surface area contributed by atoms with Gasteiger partial charge in [0.15, 0.2) is 6.10 Å². The van der Waals surface area contributed by atoms with Crippen LogP contribution in [0.3, 0.4) is 0 Å². The standard InChI is InChI=1S/C57H110O6/c1-7-53(6)45-39-33-27-23-24-30-36-42-48-57(60)63-54(50-62-56(59)47-41-35-29-22-18-14-13-16-20-26-32-38-44-52(4)5)49-61-55(58)46-40-34-28-21-17-12-10-8-9-11-15-19-25-31-37-43-51(2)3/h51-54H,7-50H2,1-6H3/t53?,54-/m1/s1. The summed E-state index contributed by atoms with van der Waals surface area (Å²) in [7, 11) is 0. The zero-order valence-electron chi connectivity index (χ0n) is 43.4. The van der Waals surface area contributed by atoms with Crippen LogP contribution in [0.1, 0.15) is 311 Å². The zero-order valence-corrected chi connectivity index (χ0v) is 43.4. The van der Waals surface area contributed by atoms with Crippen molar-refractivity contribution in [3.05, 3.63) is 0 Å². The molecule has 0 aliphatic carbocycles. The summed E-state index contributed by atoms with van der Waals surface area (Å²) < 4.78 is 16.9. The predicted octanol–water partition coefficient (Wildman–Crippen LogP) is 18.3. The van der Waals surface area contributed by atoms with Crippen molar-refractivity contribution in [2.75, 3.05) is 13.2 Å². The lowest BCUT2D eigenvalue weighted by molar-refractivity contribution is -0.167. The van der Waals surface area contributed by atoms with E-state index in [0.29, 0.717) is 19.3 Å². The van der Waals surface area contributed by atoms with Crippen LogP contribution in [0.5, 0.6) is 0 Å². The number of unbranched alkanes of at least 4 members (excludes halogenated alkanes) is 32. The molecule has 0 aromatic rings. The molecule has 6 heteroatoms. The molecule has 2 atom stereocenters. The first-order valence-electron chi connectivity index (χ1n) is 28.1. The van der Waals surface area contributed by atoms with Gasteiger partial charge in [-0.3, -0.25) is 14.4 Å². The summed E-state index contributed by atoms with van der Waals surface area (Å²) in [5.41, 5.74) is 0. The zero-order chi connectivity index (χ0) is 46.3. The molecule has 0 spiro atoms. The topological polar surface area (TPSA) is 78.9 Å². The summed E-state index contributed by atoms with van der Waals surface area (Å²) in [5, 5.41) is 0. The summed E-state index contributed by atoms with van der Waals surface area (Å²) in [5.74, 6) is 1.68. The third kappa shape index (κ3) is 49.7.